The summed E-state index contributed by atoms with van der Waals surface area (Å²) in [6.07, 6.45) is 12.0. The lowest BCUT2D eigenvalue weighted by molar-refractivity contribution is 0.0954. The van der Waals surface area contributed by atoms with Crippen LogP contribution in [-0.4, -0.2) is 17.1 Å². The molecule has 1 N–H and O–H groups in total. The molecule has 0 radical (unpaired) electrons. The molecule has 1 fully saturated rings. The Hall–Kier alpha value is -1.97. The molecule has 2 aliphatic rings. The van der Waals surface area contributed by atoms with E-state index in [2.05, 4.69) is 27.7 Å². The molecular weight excluding hydrogens is 226 g/mol. The second-order valence-electron chi connectivity index (χ2n) is 4.90. The van der Waals surface area contributed by atoms with E-state index in [-0.39, 0.29) is 5.91 Å². The first-order chi connectivity index (χ1) is 8.83. The minimum absolute atomic E-state index is 0.210. The molecule has 2 bridgehead atoms. The zero-order valence-electron chi connectivity index (χ0n) is 9.99. The van der Waals surface area contributed by atoms with Crippen molar-refractivity contribution >= 4 is 12.1 Å². The van der Waals surface area contributed by atoms with Crippen LogP contribution < -0.4 is 5.43 Å². The normalized spacial score (nSPS) is 29.0. The average Bonchev–Trinajstić information content (AvgIpc) is 3.02. The van der Waals surface area contributed by atoms with E-state index in [1.54, 1.807) is 18.3 Å². The number of nitrogens with one attached hydrogen (secondary N) is 1. The van der Waals surface area contributed by atoms with E-state index in [1.807, 2.05) is 6.21 Å². The van der Waals surface area contributed by atoms with Gasteiger partial charge in [-0.1, -0.05) is 12.2 Å². The van der Waals surface area contributed by atoms with Gasteiger partial charge in [0.05, 0.1) is 5.56 Å². The molecule has 3 atom stereocenters. The van der Waals surface area contributed by atoms with Gasteiger partial charge in [-0.25, -0.2) is 5.43 Å². The van der Waals surface area contributed by atoms with Gasteiger partial charge in [0.25, 0.3) is 5.91 Å². The van der Waals surface area contributed by atoms with E-state index < -0.39 is 0 Å². The van der Waals surface area contributed by atoms with Gasteiger partial charge in [0.1, 0.15) is 0 Å². The van der Waals surface area contributed by atoms with Crippen molar-refractivity contribution in [1.29, 1.82) is 0 Å². The molecule has 1 amide bonds. The van der Waals surface area contributed by atoms with Crippen LogP contribution in [0.5, 0.6) is 0 Å². The molecule has 1 saturated carbocycles. The Morgan fingerprint density at radius 3 is 3.06 bits per heavy atom. The molecule has 1 aromatic rings. The third-order valence-electron chi connectivity index (χ3n) is 3.69. The Morgan fingerprint density at radius 1 is 1.44 bits per heavy atom. The fourth-order valence-electron chi connectivity index (χ4n) is 2.75. The van der Waals surface area contributed by atoms with Crippen molar-refractivity contribution in [3.63, 3.8) is 0 Å². The molecule has 1 heterocycles. The minimum atomic E-state index is -0.210. The van der Waals surface area contributed by atoms with Gasteiger partial charge in [-0.2, -0.15) is 5.10 Å². The summed E-state index contributed by atoms with van der Waals surface area (Å²) in [4.78, 5) is 15.6. The first kappa shape index (κ1) is 11.1. The van der Waals surface area contributed by atoms with Crippen molar-refractivity contribution in [2.24, 2.45) is 22.9 Å². The highest BCUT2D eigenvalue weighted by Crippen LogP contribution is 2.42. The van der Waals surface area contributed by atoms with Crippen LogP contribution in [0.1, 0.15) is 23.2 Å². The Morgan fingerprint density at radius 2 is 2.39 bits per heavy atom. The second-order valence-corrected chi connectivity index (χ2v) is 4.90. The zero-order chi connectivity index (χ0) is 12.4. The number of carbonyl (C=O) groups is 1. The molecule has 0 unspecified atom stereocenters. The van der Waals surface area contributed by atoms with Crippen molar-refractivity contribution in [2.45, 2.75) is 12.8 Å². The molecule has 18 heavy (non-hydrogen) atoms. The molecule has 2 aliphatic carbocycles. The molecule has 4 heteroatoms. The number of carbonyl (C=O) groups excluding carboxylic acids is 1. The highest BCUT2D eigenvalue weighted by atomic mass is 16.2. The smallest absolute Gasteiger partial charge is 0.267 e. The number of hydrogen-bond acceptors (Lipinski definition) is 3. The average molecular weight is 241 g/mol. The van der Waals surface area contributed by atoms with Crippen LogP contribution in [0, 0.1) is 17.8 Å². The number of pyridine rings is 1. The van der Waals surface area contributed by atoms with Gasteiger partial charge in [-0.15, -0.1) is 0 Å². The third kappa shape index (κ3) is 2.18. The maximum atomic E-state index is 11.7. The lowest BCUT2D eigenvalue weighted by Gasteiger charge is -2.11. The summed E-state index contributed by atoms with van der Waals surface area (Å²) >= 11 is 0. The van der Waals surface area contributed by atoms with Gasteiger partial charge in [0, 0.05) is 24.5 Å². The van der Waals surface area contributed by atoms with E-state index in [1.165, 1.54) is 12.6 Å². The van der Waals surface area contributed by atoms with E-state index in [0.717, 1.165) is 12.3 Å². The van der Waals surface area contributed by atoms with Crippen LogP contribution in [0.4, 0.5) is 0 Å². The molecule has 0 aromatic carbocycles. The van der Waals surface area contributed by atoms with E-state index in [9.17, 15) is 4.79 Å². The quantitative estimate of drug-likeness (QED) is 0.500. The van der Waals surface area contributed by atoms with Gasteiger partial charge in [-0.05, 0) is 36.8 Å². The largest absolute Gasteiger partial charge is 0.272 e. The summed E-state index contributed by atoms with van der Waals surface area (Å²) in [5.41, 5.74) is 3.08. The van der Waals surface area contributed by atoms with Crippen molar-refractivity contribution < 1.29 is 4.79 Å². The number of hydrogen-bond donors (Lipinski definition) is 1. The molecule has 1 aromatic heterocycles. The Bertz CT molecular complexity index is 495. The summed E-state index contributed by atoms with van der Waals surface area (Å²) in [5.74, 6) is 1.61. The Kier molecular flexibility index (Phi) is 2.92. The summed E-state index contributed by atoms with van der Waals surface area (Å²) in [6.45, 7) is 0. The second kappa shape index (κ2) is 4.72. The predicted octanol–water partition coefficient (Wildman–Crippen LogP) is 2.01. The van der Waals surface area contributed by atoms with Gasteiger partial charge >= 0.3 is 0 Å². The lowest BCUT2D eigenvalue weighted by atomic mass is 9.95. The van der Waals surface area contributed by atoms with Gasteiger partial charge in [0.2, 0.25) is 0 Å². The molecule has 92 valence electrons. The van der Waals surface area contributed by atoms with E-state index >= 15 is 0 Å². The van der Waals surface area contributed by atoms with Crippen molar-refractivity contribution in [3.05, 3.63) is 42.2 Å². The number of aromatic nitrogens is 1. The molecule has 0 saturated heterocycles. The topological polar surface area (TPSA) is 54.4 Å². The van der Waals surface area contributed by atoms with Crippen LogP contribution in [0.15, 0.2) is 41.8 Å². The number of rotatable bonds is 3. The van der Waals surface area contributed by atoms with E-state index in [0.29, 0.717) is 17.4 Å². The number of hydrazone groups is 1. The van der Waals surface area contributed by atoms with Gasteiger partial charge < -0.3 is 0 Å². The maximum Gasteiger partial charge on any atom is 0.272 e. The Labute approximate surface area is 106 Å². The van der Waals surface area contributed by atoms with Crippen LogP contribution in [0.25, 0.3) is 0 Å². The Balaban J connectivity index is 1.55. The molecule has 4 nitrogen and oxygen atoms in total. The number of allylic oxidation sites excluding steroid dienone is 2. The van der Waals surface area contributed by atoms with Crippen LogP contribution in [0.2, 0.25) is 0 Å². The molecule has 0 aliphatic heterocycles. The summed E-state index contributed by atoms with van der Waals surface area (Å²) in [7, 11) is 0. The highest BCUT2D eigenvalue weighted by molar-refractivity contribution is 5.93. The van der Waals surface area contributed by atoms with Crippen molar-refractivity contribution in [1.82, 2.24) is 10.4 Å². The lowest BCUT2D eigenvalue weighted by Crippen LogP contribution is -2.19. The summed E-state index contributed by atoms with van der Waals surface area (Å²) in [5, 5.41) is 4.06. The summed E-state index contributed by atoms with van der Waals surface area (Å²) < 4.78 is 0. The minimum Gasteiger partial charge on any atom is -0.267 e. The van der Waals surface area contributed by atoms with Crippen LogP contribution >= 0.6 is 0 Å². The SMILES string of the molecule is O=C(N/N=C\[C@@H]1C[C@H]2C=C[C@H]1C2)c1cccnc1. The molecular formula is C14H15N3O. The summed E-state index contributed by atoms with van der Waals surface area (Å²) in [6, 6.07) is 3.46. The number of amides is 1. The first-order valence-corrected chi connectivity index (χ1v) is 6.25. The monoisotopic (exact) mass is 241 g/mol. The van der Waals surface area contributed by atoms with Gasteiger partial charge in [-0.3, -0.25) is 9.78 Å². The van der Waals surface area contributed by atoms with Crippen LogP contribution in [0.3, 0.4) is 0 Å². The number of fused-ring (bicyclic) bond motifs is 2. The van der Waals surface area contributed by atoms with Crippen molar-refractivity contribution in [2.75, 3.05) is 0 Å². The van der Waals surface area contributed by atoms with E-state index in [4.69, 9.17) is 0 Å². The first-order valence-electron chi connectivity index (χ1n) is 6.25. The standard InChI is InChI=1S/C14H15N3O/c18-14(12-2-1-5-15-8-12)17-16-9-13-7-10-3-4-11(13)6-10/h1-5,8-11,13H,6-7H2,(H,17,18)/b16-9-/t10-,11-,13-/m0/s1. The molecule has 3 rings (SSSR count). The van der Waals surface area contributed by atoms with Gasteiger partial charge in [0.15, 0.2) is 0 Å². The highest BCUT2D eigenvalue weighted by Gasteiger charge is 2.34. The number of nitrogens with zero attached hydrogens (tertiary/aromatic N) is 2. The molecule has 0 spiro atoms. The fraction of sp³-hybridized carbons (Fsp3) is 0.357. The van der Waals surface area contributed by atoms with Crippen LogP contribution in [-0.2, 0) is 0 Å². The zero-order valence-corrected chi connectivity index (χ0v) is 9.99. The predicted molar refractivity (Wildman–Crippen MR) is 69.0 cm³/mol. The third-order valence-corrected chi connectivity index (χ3v) is 3.69. The fourth-order valence-corrected chi connectivity index (χ4v) is 2.75. The maximum absolute atomic E-state index is 11.7. The van der Waals surface area contributed by atoms with Crippen molar-refractivity contribution in [3.8, 4) is 0 Å².